The first-order chi connectivity index (χ1) is 15.3. The molecule has 2 heterocycles. The highest BCUT2D eigenvalue weighted by atomic mass is 127. The van der Waals surface area contributed by atoms with Crippen molar-refractivity contribution in [1.29, 1.82) is 0 Å². The summed E-state index contributed by atoms with van der Waals surface area (Å²) in [5.41, 5.74) is 3.80. The van der Waals surface area contributed by atoms with Crippen LogP contribution < -0.4 is 15.5 Å². The van der Waals surface area contributed by atoms with Crippen molar-refractivity contribution in [2.75, 3.05) is 31.1 Å². The summed E-state index contributed by atoms with van der Waals surface area (Å²) in [6.45, 7) is 7.50. The molecule has 6 nitrogen and oxygen atoms in total. The number of nitrogens with one attached hydrogen (secondary N) is 2. The number of guanidine groups is 1. The molecule has 0 amide bonds. The Balaban J connectivity index is 0.00000289. The predicted octanol–water partition coefficient (Wildman–Crippen LogP) is 4.13. The number of hydrogen-bond acceptors (Lipinski definition) is 3. The highest BCUT2D eigenvalue weighted by Crippen LogP contribution is 2.23. The minimum absolute atomic E-state index is 0. The van der Waals surface area contributed by atoms with Crippen LogP contribution in [-0.4, -0.2) is 41.9 Å². The van der Waals surface area contributed by atoms with Crippen molar-refractivity contribution in [2.24, 2.45) is 10.9 Å². The van der Waals surface area contributed by atoms with Crippen molar-refractivity contribution in [3.05, 3.63) is 84.2 Å². The van der Waals surface area contributed by atoms with Crippen LogP contribution in [0, 0.1) is 5.92 Å². The zero-order valence-electron chi connectivity index (χ0n) is 18.7. The lowest BCUT2D eigenvalue weighted by molar-refractivity contribution is 0.565. The SMILES string of the molecule is CCNC(=NCc1ccccc1Cn1cccn1)NCC1CCN(c2ccccc2)C1.I. The van der Waals surface area contributed by atoms with E-state index in [1.54, 1.807) is 0 Å². The van der Waals surface area contributed by atoms with Crippen LogP contribution in [0.15, 0.2) is 78.0 Å². The van der Waals surface area contributed by atoms with Gasteiger partial charge in [0.1, 0.15) is 0 Å². The van der Waals surface area contributed by atoms with E-state index < -0.39 is 0 Å². The summed E-state index contributed by atoms with van der Waals surface area (Å²) in [5, 5.41) is 11.3. The molecular formula is C25H33IN6. The fourth-order valence-electron chi connectivity index (χ4n) is 4.05. The summed E-state index contributed by atoms with van der Waals surface area (Å²) in [6.07, 6.45) is 5.01. The van der Waals surface area contributed by atoms with Crippen LogP contribution in [0.3, 0.4) is 0 Å². The second-order valence-electron chi connectivity index (χ2n) is 7.98. The van der Waals surface area contributed by atoms with Crippen molar-refractivity contribution in [3.8, 4) is 0 Å². The molecule has 2 aromatic carbocycles. The molecule has 7 heteroatoms. The molecule has 0 bridgehead atoms. The van der Waals surface area contributed by atoms with Crippen LogP contribution in [0.1, 0.15) is 24.5 Å². The van der Waals surface area contributed by atoms with Crippen LogP contribution in [0.4, 0.5) is 5.69 Å². The topological polar surface area (TPSA) is 57.5 Å². The van der Waals surface area contributed by atoms with Crippen LogP contribution in [0.25, 0.3) is 0 Å². The second-order valence-corrected chi connectivity index (χ2v) is 7.98. The molecule has 1 atom stereocenters. The molecule has 0 radical (unpaired) electrons. The van der Waals surface area contributed by atoms with Gasteiger partial charge in [-0.1, -0.05) is 42.5 Å². The van der Waals surface area contributed by atoms with Crippen molar-refractivity contribution in [1.82, 2.24) is 20.4 Å². The summed E-state index contributed by atoms with van der Waals surface area (Å²) in [6, 6.07) is 21.1. The van der Waals surface area contributed by atoms with Gasteiger partial charge in [0, 0.05) is 44.3 Å². The molecule has 0 spiro atoms. The monoisotopic (exact) mass is 544 g/mol. The lowest BCUT2D eigenvalue weighted by Crippen LogP contribution is -2.40. The van der Waals surface area contributed by atoms with Gasteiger partial charge in [0.25, 0.3) is 0 Å². The number of halogens is 1. The van der Waals surface area contributed by atoms with Crippen molar-refractivity contribution < 1.29 is 0 Å². The van der Waals surface area contributed by atoms with Gasteiger partial charge in [0.2, 0.25) is 0 Å². The molecule has 1 fully saturated rings. The maximum Gasteiger partial charge on any atom is 0.191 e. The number of anilines is 1. The number of aliphatic imine (C=N–C) groups is 1. The maximum absolute atomic E-state index is 4.86. The predicted molar refractivity (Wildman–Crippen MR) is 143 cm³/mol. The third-order valence-electron chi connectivity index (χ3n) is 5.73. The average Bonchev–Trinajstić information content (AvgIpc) is 3.49. The highest BCUT2D eigenvalue weighted by Gasteiger charge is 2.22. The average molecular weight is 544 g/mol. The number of para-hydroxylation sites is 1. The third kappa shape index (κ3) is 6.72. The van der Waals surface area contributed by atoms with Crippen molar-refractivity contribution in [3.63, 3.8) is 0 Å². The standard InChI is InChI=1S/C25H32N6.HI/c1-2-26-25(27-17-21-13-16-30(19-21)24-11-4-3-5-12-24)28-18-22-9-6-7-10-23(22)20-31-15-8-14-29-31;/h3-12,14-15,21H,2,13,16-20H2,1H3,(H2,26,27,28);1H. The zero-order chi connectivity index (χ0) is 21.3. The molecule has 170 valence electrons. The Morgan fingerprint density at radius 3 is 2.56 bits per heavy atom. The van der Waals surface area contributed by atoms with Crippen molar-refractivity contribution >= 4 is 35.6 Å². The van der Waals surface area contributed by atoms with Gasteiger partial charge in [-0.25, -0.2) is 4.99 Å². The molecule has 1 aliphatic rings. The highest BCUT2D eigenvalue weighted by molar-refractivity contribution is 14.0. The molecule has 0 saturated carbocycles. The Labute approximate surface area is 208 Å². The van der Waals surface area contributed by atoms with E-state index in [0.29, 0.717) is 12.5 Å². The Kier molecular flexibility index (Phi) is 9.40. The largest absolute Gasteiger partial charge is 0.371 e. The van der Waals surface area contributed by atoms with Crippen LogP contribution >= 0.6 is 24.0 Å². The van der Waals surface area contributed by atoms with Gasteiger partial charge in [-0.3, -0.25) is 4.68 Å². The fraction of sp³-hybridized carbons (Fsp3) is 0.360. The number of rotatable bonds is 8. The van der Waals surface area contributed by atoms with E-state index in [9.17, 15) is 0 Å². The summed E-state index contributed by atoms with van der Waals surface area (Å²) >= 11 is 0. The molecule has 4 rings (SSSR count). The van der Waals surface area contributed by atoms with E-state index in [4.69, 9.17) is 4.99 Å². The molecule has 0 aliphatic carbocycles. The minimum Gasteiger partial charge on any atom is -0.371 e. The first kappa shape index (κ1) is 24.1. The van der Waals surface area contributed by atoms with Crippen LogP contribution in [-0.2, 0) is 13.1 Å². The minimum atomic E-state index is 0. The van der Waals surface area contributed by atoms with E-state index >= 15 is 0 Å². The molecule has 2 N–H and O–H groups in total. The third-order valence-corrected chi connectivity index (χ3v) is 5.73. The van der Waals surface area contributed by atoms with E-state index in [0.717, 1.165) is 38.7 Å². The summed E-state index contributed by atoms with van der Waals surface area (Å²) in [7, 11) is 0. The number of nitrogens with zero attached hydrogens (tertiary/aromatic N) is 4. The summed E-state index contributed by atoms with van der Waals surface area (Å²) in [4.78, 5) is 7.34. The van der Waals surface area contributed by atoms with Gasteiger partial charge < -0.3 is 15.5 Å². The van der Waals surface area contributed by atoms with Gasteiger partial charge in [-0.05, 0) is 48.6 Å². The van der Waals surface area contributed by atoms with E-state index in [2.05, 4.69) is 82.2 Å². The molecule has 32 heavy (non-hydrogen) atoms. The first-order valence-corrected chi connectivity index (χ1v) is 11.2. The lowest BCUT2D eigenvalue weighted by atomic mass is 10.1. The second kappa shape index (κ2) is 12.5. The molecule has 1 unspecified atom stereocenters. The fourth-order valence-corrected chi connectivity index (χ4v) is 4.05. The normalized spacial score (nSPS) is 16.0. The maximum atomic E-state index is 4.86. The van der Waals surface area contributed by atoms with E-state index in [1.807, 2.05) is 23.1 Å². The number of hydrogen-bond donors (Lipinski definition) is 2. The van der Waals surface area contributed by atoms with Gasteiger partial charge in [0.05, 0.1) is 13.1 Å². The molecule has 1 saturated heterocycles. The Morgan fingerprint density at radius 1 is 1.03 bits per heavy atom. The Hall–Kier alpha value is -2.55. The van der Waals surface area contributed by atoms with Gasteiger partial charge in [-0.2, -0.15) is 5.10 Å². The van der Waals surface area contributed by atoms with Crippen LogP contribution in [0.5, 0.6) is 0 Å². The van der Waals surface area contributed by atoms with Gasteiger partial charge in [-0.15, -0.1) is 24.0 Å². The zero-order valence-corrected chi connectivity index (χ0v) is 21.0. The summed E-state index contributed by atoms with van der Waals surface area (Å²) in [5.74, 6) is 1.51. The number of aromatic nitrogens is 2. The first-order valence-electron chi connectivity index (χ1n) is 11.2. The Bertz CT molecular complexity index is 958. The molecule has 1 aliphatic heterocycles. The lowest BCUT2D eigenvalue weighted by Gasteiger charge is -2.19. The summed E-state index contributed by atoms with van der Waals surface area (Å²) < 4.78 is 1.95. The molecular weight excluding hydrogens is 511 g/mol. The van der Waals surface area contributed by atoms with E-state index in [-0.39, 0.29) is 24.0 Å². The Morgan fingerprint density at radius 2 is 1.81 bits per heavy atom. The van der Waals surface area contributed by atoms with Crippen molar-refractivity contribution in [2.45, 2.75) is 26.4 Å². The van der Waals surface area contributed by atoms with Crippen LogP contribution in [0.2, 0.25) is 0 Å². The van der Waals surface area contributed by atoms with Gasteiger partial charge in [0.15, 0.2) is 5.96 Å². The van der Waals surface area contributed by atoms with E-state index in [1.165, 1.54) is 23.2 Å². The smallest absolute Gasteiger partial charge is 0.191 e. The number of benzene rings is 2. The molecule has 1 aromatic heterocycles. The van der Waals surface area contributed by atoms with Gasteiger partial charge >= 0.3 is 0 Å². The quantitative estimate of drug-likeness (QED) is 0.255. The molecule has 3 aromatic rings.